The maximum Gasteiger partial charge on any atom is 0.320 e. The molecule has 2 heterocycles. The van der Waals surface area contributed by atoms with E-state index in [1.807, 2.05) is 13.0 Å². The van der Waals surface area contributed by atoms with Gasteiger partial charge in [-0.2, -0.15) is 0 Å². The molecule has 0 aliphatic carbocycles. The summed E-state index contributed by atoms with van der Waals surface area (Å²) in [5.41, 5.74) is -0.699. The van der Waals surface area contributed by atoms with Crippen molar-refractivity contribution in [2.75, 3.05) is 20.2 Å². The van der Waals surface area contributed by atoms with Crippen molar-refractivity contribution in [3.8, 4) is 12.3 Å². The van der Waals surface area contributed by atoms with Crippen LogP contribution in [0.2, 0.25) is 0 Å². The summed E-state index contributed by atoms with van der Waals surface area (Å²) < 4.78 is 11.7. The van der Waals surface area contributed by atoms with Gasteiger partial charge in [0.15, 0.2) is 0 Å². The predicted molar refractivity (Wildman–Crippen MR) is 136 cm³/mol. The number of fused-ring (bicyclic) bond motifs is 1. The van der Waals surface area contributed by atoms with Gasteiger partial charge in [-0.25, -0.2) is 0 Å². The van der Waals surface area contributed by atoms with Crippen LogP contribution in [0.3, 0.4) is 0 Å². The van der Waals surface area contributed by atoms with E-state index in [4.69, 9.17) is 15.9 Å². The SMILES string of the molecule is C#CCNC(=O)C[C@H]1C[C@@]2(C(=O)OC)C(=C[C@H](C(C)(C)C)O[C@@H]2C)N(CCCCCCCC)C1=O. The molecule has 7 nitrogen and oxygen atoms in total. The molecule has 7 heteroatoms. The molecule has 196 valence electrons. The fraction of sp³-hybridized carbons (Fsp3) is 0.750. The topological polar surface area (TPSA) is 84.9 Å². The first kappa shape index (κ1) is 28.9. The quantitative estimate of drug-likeness (QED) is 0.268. The second kappa shape index (κ2) is 12.6. The minimum Gasteiger partial charge on any atom is -0.468 e. The van der Waals surface area contributed by atoms with Crippen molar-refractivity contribution in [2.24, 2.45) is 16.7 Å². The number of esters is 1. The molecule has 1 saturated heterocycles. The maximum absolute atomic E-state index is 13.7. The number of unbranched alkanes of at least 4 members (excludes halogenated alkanes) is 5. The lowest BCUT2D eigenvalue weighted by atomic mass is 9.65. The van der Waals surface area contributed by atoms with Crippen molar-refractivity contribution in [3.63, 3.8) is 0 Å². The largest absolute Gasteiger partial charge is 0.468 e. The lowest BCUT2D eigenvalue weighted by molar-refractivity contribution is -0.180. The summed E-state index contributed by atoms with van der Waals surface area (Å²) in [6.45, 7) is 10.9. The fourth-order valence-corrected chi connectivity index (χ4v) is 5.17. The average molecular weight is 489 g/mol. The summed E-state index contributed by atoms with van der Waals surface area (Å²) in [5.74, 6) is 0.859. The molecular weight excluding hydrogens is 444 g/mol. The number of hydrogen-bond acceptors (Lipinski definition) is 5. The van der Waals surface area contributed by atoms with E-state index >= 15 is 0 Å². The van der Waals surface area contributed by atoms with Gasteiger partial charge in [-0.3, -0.25) is 14.4 Å². The number of amides is 2. The third-order valence-electron chi connectivity index (χ3n) is 7.24. The summed E-state index contributed by atoms with van der Waals surface area (Å²) in [6, 6.07) is 0. The Morgan fingerprint density at radius 2 is 1.91 bits per heavy atom. The molecule has 35 heavy (non-hydrogen) atoms. The smallest absolute Gasteiger partial charge is 0.320 e. The number of piperidine rings is 1. The summed E-state index contributed by atoms with van der Waals surface area (Å²) in [4.78, 5) is 41.4. The molecule has 0 aromatic heterocycles. The third-order valence-corrected chi connectivity index (χ3v) is 7.24. The Balaban J connectivity index is 2.45. The zero-order valence-electron chi connectivity index (χ0n) is 22.4. The molecule has 4 atom stereocenters. The Hall–Kier alpha value is -2.33. The van der Waals surface area contributed by atoms with Gasteiger partial charge in [0.1, 0.15) is 5.41 Å². The fourth-order valence-electron chi connectivity index (χ4n) is 5.17. The maximum atomic E-state index is 13.7. The van der Waals surface area contributed by atoms with Crippen molar-refractivity contribution < 1.29 is 23.9 Å². The van der Waals surface area contributed by atoms with E-state index in [9.17, 15) is 14.4 Å². The van der Waals surface area contributed by atoms with Gasteiger partial charge in [0.2, 0.25) is 11.8 Å². The van der Waals surface area contributed by atoms with E-state index in [2.05, 4.69) is 38.9 Å². The van der Waals surface area contributed by atoms with Gasteiger partial charge in [0.25, 0.3) is 0 Å². The number of rotatable bonds is 11. The second-order valence-electron chi connectivity index (χ2n) is 10.9. The molecule has 1 N–H and O–H groups in total. The van der Waals surface area contributed by atoms with Crippen LogP contribution in [-0.4, -0.2) is 55.1 Å². The number of nitrogens with zero attached hydrogens (tertiary/aromatic N) is 1. The molecule has 0 radical (unpaired) electrons. The predicted octanol–water partition coefficient (Wildman–Crippen LogP) is 4.21. The van der Waals surface area contributed by atoms with Gasteiger partial charge < -0.3 is 19.7 Å². The molecule has 0 bridgehead atoms. The molecule has 0 unspecified atom stereocenters. The van der Waals surface area contributed by atoms with E-state index in [-0.39, 0.29) is 42.7 Å². The monoisotopic (exact) mass is 488 g/mol. The van der Waals surface area contributed by atoms with Crippen molar-refractivity contribution >= 4 is 17.8 Å². The van der Waals surface area contributed by atoms with Gasteiger partial charge in [0, 0.05) is 24.6 Å². The molecule has 0 saturated carbocycles. The number of hydrogen-bond donors (Lipinski definition) is 1. The van der Waals surface area contributed by atoms with Crippen molar-refractivity contribution in [1.29, 1.82) is 0 Å². The molecule has 2 aliphatic rings. The highest BCUT2D eigenvalue weighted by atomic mass is 16.5. The minimum absolute atomic E-state index is 0.0328. The van der Waals surface area contributed by atoms with Crippen LogP contribution < -0.4 is 5.32 Å². The van der Waals surface area contributed by atoms with E-state index in [0.717, 1.165) is 19.3 Å². The van der Waals surface area contributed by atoms with Crippen molar-refractivity contribution in [2.45, 2.75) is 98.2 Å². The average Bonchev–Trinajstić information content (AvgIpc) is 2.81. The summed E-state index contributed by atoms with van der Waals surface area (Å²) in [6.07, 6.45) is 13.1. The first-order valence-corrected chi connectivity index (χ1v) is 13.0. The highest BCUT2D eigenvalue weighted by Crippen LogP contribution is 2.51. The number of methoxy groups -OCH3 is 1. The Morgan fingerprint density at radius 1 is 1.26 bits per heavy atom. The highest BCUT2D eigenvalue weighted by Gasteiger charge is 2.60. The highest BCUT2D eigenvalue weighted by molar-refractivity contribution is 5.92. The van der Waals surface area contributed by atoms with Crippen molar-refractivity contribution in [3.05, 3.63) is 11.8 Å². The number of ether oxygens (including phenoxy) is 2. The van der Waals surface area contributed by atoms with Crippen LogP contribution in [0.1, 0.15) is 86.0 Å². The van der Waals surface area contributed by atoms with E-state index in [1.165, 1.54) is 26.4 Å². The number of likely N-dealkylation sites (tertiary alicyclic amines) is 1. The Kier molecular flexibility index (Phi) is 10.4. The number of nitrogens with one attached hydrogen (secondary N) is 1. The summed E-state index contributed by atoms with van der Waals surface area (Å²) in [7, 11) is 1.36. The van der Waals surface area contributed by atoms with Crippen LogP contribution in [0.5, 0.6) is 0 Å². The molecule has 0 aromatic rings. The molecule has 0 spiro atoms. The summed E-state index contributed by atoms with van der Waals surface area (Å²) in [5, 5.41) is 2.64. The number of terminal acetylenes is 1. The zero-order valence-corrected chi connectivity index (χ0v) is 22.4. The van der Waals surface area contributed by atoms with Crippen LogP contribution >= 0.6 is 0 Å². The molecular formula is C28H44N2O5. The second-order valence-corrected chi connectivity index (χ2v) is 10.9. The Bertz CT molecular complexity index is 837. The van der Waals surface area contributed by atoms with E-state index in [1.54, 1.807) is 4.90 Å². The van der Waals surface area contributed by atoms with Crippen LogP contribution in [0.4, 0.5) is 0 Å². The number of carbonyl (C=O) groups excluding carboxylic acids is 3. The summed E-state index contributed by atoms with van der Waals surface area (Å²) >= 11 is 0. The van der Waals surface area contributed by atoms with Gasteiger partial charge in [-0.05, 0) is 31.3 Å². The normalized spacial score (nSPS) is 26.4. The molecule has 0 aromatic carbocycles. The third kappa shape index (κ3) is 6.67. The Morgan fingerprint density at radius 3 is 2.51 bits per heavy atom. The molecule has 2 aliphatic heterocycles. The Labute approximate surface area is 211 Å². The minimum atomic E-state index is -1.15. The standard InChI is InChI=1S/C28H44N2O5/c1-8-10-11-12-13-14-16-30-22-18-23(27(4,5)6)35-20(3)28(22,26(33)34-7)19-21(25(30)32)17-24(31)29-15-9-2/h2,18,20-21,23H,8,10-17,19H2,1,3-7H3,(H,29,31)/t20-,21+,23-,28+/m1/s1. The van der Waals surface area contributed by atoms with Crippen molar-refractivity contribution in [1.82, 2.24) is 10.2 Å². The molecule has 2 rings (SSSR count). The van der Waals surface area contributed by atoms with Gasteiger partial charge in [-0.1, -0.05) is 65.7 Å². The first-order chi connectivity index (χ1) is 16.5. The lowest BCUT2D eigenvalue weighted by Gasteiger charge is -2.53. The van der Waals surface area contributed by atoms with Crippen LogP contribution in [0.25, 0.3) is 0 Å². The molecule has 1 fully saturated rings. The lowest BCUT2D eigenvalue weighted by Crippen LogP contribution is -2.61. The van der Waals surface area contributed by atoms with Gasteiger partial charge in [0.05, 0.1) is 25.9 Å². The zero-order chi connectivity index (χ0) is 26.2. The van der Waals surface area contributed by atoms with Crippen LogP contribution in [0.15, 0.2) is 11.8 Å². The van der Waals surface area contributed by atoms with Gasteiger partial charge >= 0.3 is 5.97 Å². The first-order valence-electron chi connectivity index (χ1n) is 13.0. The van der Waals surface area contributed by atoms with E-state index < -0.39 is 23.4 Å². The van der Waals surface area contributed by atoms with Crippen LogP contribution in [0, 0.1) is 29.1 Å². The van der Waals surface area contributed by atoms with E-state index in [0.29, 0.717) is 12.2 Å². The van der Waals surface area contributed by atoms with Gasteiger partial charge in [-0.15, -0.1) is 6.42 Å². The molecule has 2 amide bonds. The number of carbonyl (C=O) groups is 3. The van der Waals surface area contributed by atoms with Crippen LogP contribution in [-0.2, 0) is 23.9 Å².